The summed E-state index contributed by atoms with van der Waals surface area (Å²) in [6.07, 6.45) is 0.0460. The molecule has 4 nitrogen and oxygen atoms in total. The summed E-state index contributed by atoms with van der Waals surface area (Å²) < 4.78 is 0. The molecule has 0 saturated carbocycles. The Balaban J connectivity index is 2.10. The Hall–Kier alpha value is -2.49. The van der Waals surface area contributed by atoms with Gasteiger partial charge in [0.15, 0.2) is 0 Å². The summed E-state index contributed by atoms with van der Waals surface area (Å²) in [4.78, 5) is 12.8. The first-order chi connectivity index (χ1) is 10.1. The van der Waals surface area contributed by atoms with Crippen molar-refractivity contribution in [2.24, 2.45) is 0 Å². The lowest BCUT2D eigenvalue weighted by atomic mass is 10.1. The number of benzene rings is 2. The minimum atomic E-state index is -0.822. The smallest absolute Gasteiger partial charge is 0.307 e. The lowest BCUT2D eigenvalue weighted by Gasteiger charge is -2.23. The molecule has 2 N–H and O–H groups in total. The number of phenols is 1. The maximum absolute atomic E-state index is 10.7. The van der Waals surface area contributed by atoms with Gasteiger partial charge < -0.3 is 15.1 Å². The quantitative estimate of drug-likeness (QED) is 0.856. The predicted octanol–water partition coefficient (Wildman–Crippen LogP) is 3.05. The first-order valence-electron chi connectivity index (χ1n) is 6.92. The van der Waals surface area contributed by atoms with E-state index in [1.165, 1.54) is 0 Å². The van der Waals surface area contributed by atoms with Crippen molar-refractivity contribution in [3.05, 3.63) is 59.7 Å². The first kappa shape index (κ1) is 14.9. The van der Waals surface area contributed by atoms with Gasteiger partial charge in [-0.15, -0.1) is 0 Å². The zero-order valence-corrected chi connectivity index (χ0v) is 12.0. The van der Waals surface area contributed by atoms with Crippen molar-refractivity contribution in [1.82, 2.24) is 0 Å². The van der Waals surface area contributed by atoms with Gasteiger partial charge >= 0.3 is 5.97 Å². The minimum absolute atomic E-state index is 0.0460. The van der Waals surface area contributed by atoms with Gasteiger partial charge in [0.05, 0.1) is 6.42 Å². The molecule has 0 bridgehead atoms. The van der Waals surface area contributed by atoms with Crippen molar-refractivity contribution in [3.8, 4) is 5.75 Å². The zero-order chi connectivity index (χ0) is 15.2. The summed E-state index contributed by atoms with van der Waals surface area (Å²) in [7, 11) is 0. The lowest BCUT2D eigenvalue weighted by Crippen LogP contribution is -2.21. The van der Waals surface area contributed by atoms with Crippen LogP contribution in [0.15, 0.2) is 48.5 Å². The second kappa shape index (κ2) is 6.79. The highest BCUT2D eigenvalue weighted by Crippen LogP contribution is 2.21. The predicted molar refractivity (Wildman–Crippen MR) is 82.6 cm³/mol. The van der Waals surface area contributed by atoms with E-state index in [0.717, 1.165) is 23.4 Å². The number of carboxylic acid groups (broad SMARTS) is 1. The molecule has 110 valence electrons. The van der Waals surface area contributed by atoms with E-state index in [-0.39, 0.29) is 12.2 Å². The molecule has 0 aliphatic heterocycles. The standard InChI is InChI=1S/C17H19NO3/c1-2-18(15-4-3-5-16(19)11-15)12-14-8-6-13(7-9-14)10-17(20)21/h3-9,11,19H,2,10,12H2,1H3,(H,20,21). The lowest BCUT2D eigenvalue weighted by molar-refractivity contribution is -0.136. The highest BCUT2D eigenvalue weighted by molar-refractivity contribution is 5.70. The van der Waals surface area contributed by atoms with Crippen LogP contribution in [-0.2, 0) is 17.8 Å². The molecule has 0 aliphatic rings. The van der Waals surface area contributed by atoms with Crippen molar-refractivity contribution < 1.29 is 15.0 Å². The van der Waals surface area contributed by atoms with Gasteiger partial charge in [0, 0.05) is 24.8 Å². The highest BCUT2D eigenvalue weighted by atomic mass is 16.4. The van der Waals surface area contributed by atoms with Crippen LogP contribution in [0.1, 0.15) is 18.1 Å². The molecule has 2 rings (SSSR count). The Kier molecular flexibility index (Phi) is 4.82. The zero-order valence-electron chi connectivity index (χ0n) is 12.0. The summed E-state index contributed by atoms with van der Waals surface area (Å²) in [5.74, 6) is -0.569. The molecule has 0 radical (unpaired) electrons. The molecule has 4 heteroatoms. The van der Waals surface area contributed by atoms with Crippen molar-refractivity contribution in [3.63, 3.8) is 0 Å². The number of hydrogen-bond donors (Lipinski definition) is 2. The second-order valence-electron chi connectivity index (χ2n) is 4.92. The molecule has 0 spiro atoms. The monoisotopic (exact) mass is 285 g/mol. The summed E-state index contributed by atoms with van der Waals surface area (Å²) in [5.41, 5.74) is 2.87. The third kappa shape index (κ3) is 4.24. The van der Waals surface area contributed by atoms with E-state index in [2.05, 4.69) is 11.8 Å². The Morgan fingerprint density at radius 3 is 2.33 bits per heavy atom. The Morgan fingerprint density at radius 2 is 1.76 bits per heavy atom. The van der Waals surface area contributed by atoms with E-state index in [1.807, 2.05) is 36.4 Å². The fourth-order valence-corrected chi connectivity index (χ4v) is 2.23. The fraction of sp³-hybridized carbons (Fsp3) is 0.235. The third-order valence-electron chi connectivity index (χ3n) is 3.33. The largest absolute Gasteiger partial charge is 0.508 e. The number of nitrogens with zero attached hydrogens (tertiary/aromatic N) is 1. The van der Waals surface area contributed by atoms with Gasteiger partial charge in [-0.05, 0) is 30.2 Å². The molecule has 0 heterocycles. The van der Waals surface area contributed by atoms with E-state index >= 15 is 0 Å². The molecule has 0 amide bonds. The van der Waals surface area contributed by atoms with Gasteiger partial charge in [-0.2, -0.15) is 0 Å². The van der Waals surface area contributed by atoms with Crippen molar-refractivity contribution >= 4 is 11.7 Å². The van der Waals surface area contributed by atoms with Crippen LogP contribution < -0.4 is 4.90 Å². The molecule has 21 heavy (non-hydrogen) atoms. The average molecular weight is 285 g/mol. The van der Waals surface area contributed by atoms with Crippen LogP contribution in [0.5, 0.6) is 5.75 Å². The number of aliphatic carboxylic acids is 1. The molecule has 2 aromatic carbocycles. The topological polar surface area (TPSA) is 60.8 Å². The molecular weight excluding hydrogens is 266 g/mol. The SMILES string of the molecule is CCN(Cc1ccc(CC(=O)O)cc1)c1cccc(O)c1. The number of hydrogen-bond acceptors (Lipinski definition) is 3. The Bertz CT molecular complexity index is 608. The van der Waals surface area contributed by atoms with Gasteiger partial charge in [0.2, 0.25) is 0 Å². The fourth-order valence-electron chi connectivity index (χ4n) is 2.23. The number of anilines is 1. The second-order valence-corrected chi connectivity index (χ2v) is 4.92. The normalized spacial score (nSPS) is 10.3. The van der Waals surface area contributed by atoms with Gasteiger partial charge in [-0.25, -0.2) is 0 Å². The van der Waals surface area contributed by atoms with Crippen molar-refractivity contribution in [1.29, 1.82) is 0 Å². The number of rotatable bonds is 6. The van der Waals surface area contributed by atoms with Crippen LogP contribution in [0.25, 0.3) is 0 Å². The van der Waals surface area contributed by atoms with Gasteiger partial charge in [-0.3, -0.25) is 4.79 Å². The van der Waals surface area contributed by atoms with Gasteiger partial charge in [0.1, 0.15) is 5.75 Å². The summed E-state index contributed by atoms with van der Waals surface area (Å²) in [6.45, 7) is 3.59. The van der Waals surface area contributed by atoms with Crippen molar-refractivity contribution in [2.75, 3.05) is 11.4 Å². The van der Waals surface area contributed by atoms with E-state index in [4.69, 9.17) is 5.11 Å². The van der Waals surface area contributed by atoms with Gasteiger partial charge in [0.25, 0.3) is 0 Å². The molecule has 0 saturated heterocycles. The van der Waals surface area contributed by atoms with Crippen molar-refractivity contribution in [2.45, 2.75) is 19.9 Å². The molecular formula is C17H19NO3. The van der Waals surface area contributed by atoms with E-state index < -0.39 is 5.97 Å². The summed E-state index contributed by atoms with van der Waals surface area (Å²) in [5, 5.41) is 18.3. The van der Waals surface area contributed by atoms with Crippen LogP contribution in [0.2, 0.25) is 0 Å². The number of carboxylic acids is 1. The molecule has 0 unspecified atom stereocenters. The average Bonchev–Trinajstić information content (AvgIpc) is 2.46. The highest BCUT2D eigenvalue weighted by Gasteiger charge is 2.07. The molecule has 0 fully saturated rings. The Morgan fingerprint density at radius 1 is 1.10 bits per heavy atom. The number of aromatic hydroxyl groups is 1. The number of phenolic OH excluding ortho intramolecular Hbond substituents is 1. The van der Waals surface area contributed by atoms with Crippen LogP contribution in [0.4, 0.5) is 5.69 Å². The maximum Gasteiger partial charge on any atom is 0.307 e. The molecule has 0 atom stereocenters. The van der Waals surface area contributed by atoms with Gasteiger partial charge in [-0.1, -0.05) is 30.3 Å². The molecule has 0 aromatic heterocycles. The van der Waals surface area contributed by atoms with Crippen LogP contribution in [0.3, 0.4) is 0 Å². The summed E-state index contributed by atoms with van der Waals surface area (Å²) >= 11 is 0. The summed E-state index contributed by atoms with van der Waals surface area (Å²) in [6, 6.07) is 14.8. The van der Waals surface area contributed by atoms with E-state index in [1.54, 1.807) is 12.1 Å². The van der Waals surface area contributed by atoms with Crippen LogP contribution >= 0.6 is 0 Å². The number of carbonyl (C=O) groups is 1. The molecule has 0 aliphatic carbocycles. The van der Waals surface area contributed by atoms with Crippen LogP contribution in [0, 0.1) is 0 Å². The van der Waals surface area contributed by atoms with E-state index in [9.17, 15) is 9.90 Å². The Labute approximate surface area is 124 Å². The van der Waals surface area contributed by atoms with Crippen LogP contribution in [-0.4, -0.2) is 22.7 Å². The maximum atomic E-state index is 10.7. The first-order valence-corrected chi connectivity index (χ1v) is 6.92. The van der Waals surface area contributed by atoms with E-state index in [0.29, 0.717) is 6.54 Å². The minimum Gasteiger partial charge on any atom is -0.508 e. The molecule has 2 aromatic rings. The third-order valence-corrected chi connectivity index (χ3v) is 3.33.